The Kier molecular flexibility index (Phi) is 5.60. The number of amides is 1. The smallest absolute Gasteiger partial charge is 0.407 e. The van der Waals surface area contributed by atoms with Crippen LogP contribution in [0.2, 0.25) is 0 Å². The van der Waals surface area contributed by atoms with Gasteiger partial charge in [-0.05, 0) is 20.8 Å². The molecular weight excluding hydrogens is 198 g/mol. The molecule has 2 atom stereocenters. The second-order valence-corrected chi connectivity index (χ2v) is 4.60. The average Bonchev–Trinajstić information content (AvgIpc) is 2.10. The zero-order valence-corrected chi connectivity index (χ0v) is 9.78. The van der Waals surface area contributed by atoms with Gasteiger partial charge in [-0.3, -0.25) is 0 Å². The van der Waals surface area contributed by atoms with Gasteiger partial charge in [0.1, 0.15) is 5.60 Å². The van der Waals surface area contributed by atoms with Gasteiger partial charge < -0.3 is 20.3 Å². The minimum Gasteiger partial charge on any atom is -0.444 e. The third-order valence-corrected chi connectivity index (χ3v) is 1.87. The highest BCUT2D eigenvalue weighted by Gasteiger charge is 2.22. The third kappa shape index (κ3) is 6.30. The minimum absolute atomic E-state index is 0.0962. The van der Waals surface area contributed by atoms with Crippen LogP contribution in [0, 0.1) is 5.92 Å². The molecule has 0 rings (SSSR count). The van der Waals surface area contributed by atoms with Crippen molar-refractivity contribution >= 4 is 6.09 Å². The van der Waals surface area contributed by atoms with Crippen molar-refractivity contribution in [2.75, 3.05) is 13.2 Å². The van der Waals surface area contributed by atoms with E-state index in [0.717, 1.165) is 0 Å². The van der Waals surface area contributed by atoms with Crippen LogP contribution >= 0.6 is 0 Å². The lowest BCUT2D eigenvalue weighted by molar-refractivity contribution is 0.0438. The number of hydrogen-bond acceptors (Lipinski definition) is 4. The lowest BCUT2D eigenvalue weighted by atomic mass is 10.0. The van der Waals surface area contributed by atoms with E-state index in [1.165, 1.54) is 0 Å². The van der Waals surface area contributed by atoms with Crippen LogP contribution in [0.5, 0.6) is 0 Å². The van der Waals surface area contributed by atoms with E-state index in [4.69, 9.17) is 14.9 Å². The molecule has 0 saturated carbocycles. The predicted octanol–water partition coefficient (Wildman–Crippen LogP) is 0.500. The van der Waals surface area contributed by atoms with Crippen LogP contribution in [-0.2, 0) is 4.74 Å². The Bertz CT molecular complexity index is 200. The zero-order valence-electron chi connectivity index (χ0n) is 9.78. The van der Waals surface area contributed by atoms with Gasteiger partial charge in [-0.2, -0.15) is 0 Å². The first-order valence-corrected chi connectivity index (χ1v) is 5.01. The van der Waals surface area contributed by atoms with E-state index < -0.39 is 17.7 Å². The van der Waals surface area contributed by atoms with Gasteiger partial charge in [-0.15, -0.1) is 0 Å². The lowest BCUT2D eigenvalue weighted by Crippen LogP contribution is -2.45. The van der Waals surface area contributed by atoms with Crippen molar-refractivity contribution < 1.29 is 19.7 Å². The van der Waals surface area contributed by atoms with Crippen LogP contribution in [0.1, 0.15) is 27.7 Å². The highest BCUT2D eigenvalue weighted by Crippen LogP contribution is 2.08. The van der Waals surface area contributed by atoms with Crippen molar-refractivity contribution in [1.29, 1.82) is 0 Å². The molecule has 0 fully saturated rings. The molecule has 15 heavy (non-hydrogen) atoms. The summed E-state index contributed by atoms with van der Waals surface area (Å²) in [4.78, 5) is 11.3. The van der Waals surface area contributed by atoms with E-state index in [-0.39, 0.29) is 19.1 Å². The summed E-state index contributed by atoms with van der Waals surface area (Å²) in [5.41, 5.74) is -0.563. The summed E-state index contributed by atoms with van der Waals surface area (Å²) in [5, 5.41) is 20.4. The lowest BCUT2D eigenvalue weighted by Gasteiger charge is -2.25. The molecule has 5 heteroatoms. The number of hydrogen-bond donors (Lipinski definition) is 3. The van der Waals surface area contributed by atoms with Crippen molar-refractivity contribution in [2.45, 2.75) is 39.3 Å². The molecule has 0 aromatic rings. The van der Waals surface area contributed by atoms with Gasteiger partial charge in [0.2, 0.25) is 0 Å². The molecule has 0 aliphatic heterocycles. The molecule has 0 aromatic heterocycles. The maximum atomic E-state index is 11.3. The number of nitrogens with one attached hydrogen (secondary N) is 1. The second-order valence-electron chi connectivity index (χ2n) is 4.60. The molecule has 0 aliphatic rings. The molecular formula is C10H21NO4. The van der Waals surface area contributed by atoms with Gasteiger partial charge in [-0.25, -0.2) is 4.79 Å². The van der Waals surface area contributed by atoms with E-state index in [1.807, 2.05) is 0 Å². The van der Waals surface area contributed by atoms with Crippen LogP contribution in [0.25, 0.3) is 0 Å². The topological polar surface area (TPSA) is 78.8 Å². The van der Waals surface area contributed by atoms with Crippen LogP contribution in [-0.4, -0.2) is 41.2 Å². The largest absolute Gasteiger partial charge is 0.444 e. The maximum Gasteiger partial charge on any atom is 0.407 e. The quantitative estimate of drug-likeness (QED) is 0.643. The van der Waals surface area contributed by atoms with E-state index in [9.17, 15) is 4.79 Å². The maximum absolute atomic E-state index is 11.3. The summed E-state index contributed by atoms with van der Waals surface area (Å²) in [5.74, 6) is -0.206. The van der Waals surface area contributed by atoms with E-state index in [0.29, 0.717) is 0 Å². The van der Waals surface area contributed by atoms with E-state index in [1.54, 1.807) is 27.7 Å². The van der Waals surface area contributed by atoms with Crippen molar-refractivity contribution in [3.05, 3.63) is 0 Å². The highest BCUT2D eigenvalue weighted by atomic mass is 16.6. The summed E-state index contributed by atoms with van der Waals surface area (Å²) in [6, 6.07) is -0.482. The first-order chi connectivity index (χ1) is 6.80. The number of ether oxygens (including phenoxy) is 1. The third-order valence-electron chi connectivity index (χ3n) is 1.87. The van der Waals surface area contributed by atoms with Crippen LogP contribution in [0.4, 0.5) is 4.79 Å². The number of aliphatic hydroxyl groups is 2. The van der Waals surface area contributed by atoms with E-state index in [2.05, 4.69) is 5.32 Å². The van der Waals surface area contributed by atoms with Gasteiger partial charge in [0.25, 0.3) is 0 Å². The van der Waals surface area contributed by atoms with E-state index >= 15 is 0 Å². The number of carbonyl (C=O) groups excluding carboxylic acids is 1. The first-order valence-electron chi connectivity index (χ1n) is 5.01. The van der Waals surface area contributed by atoms with Gasteiger partial charge in [0.15, 0.2) is 0 Å². The van der Waals surface area contributed by atoms with Gasteiger partial charge >= 0.3 is 6.09 Å². The molecule has 5 nitrogen and oxygen atoms in total. The fraction of sp³-hybridized carbons (Fsp3) is 0.900. The fourth-order valence-corrected chi connectivity index (χ4v) is 0.954. The number of rotatable bonds is 4. The molecule has 0 radical (unpaired) electrons. The molecule has 0 unspecified atom stereocenters. The molecule has 0 spiro atoms. The van der Waals surface area contributed by atoms with Crippen molar-refractivity contribution in [3.63, 3.8) is 0 Å². The second kappa shape index (κ2) is 5.92. The molecule has 0 aromatic carbocycles. The van der Waals surface area contributed by atoms with Crippen molar-refractivity contribution in [2.24, 2.45) is 5.92 Å². The Labute approximate surface area is 90.4 Å². The van der Waals surface area contributed by atoms with Gasteiger partial charge in [0.05, 0.1) is 12.6 Å². The summed E-state index contributed by atoms with van der Waals surface area (Å²) in [6.07, 6.45) is -0.582. The Hall–Kier alpha value is -0.810. The molecule has 0 aliphatic carbocycles. The molecule has 1 amide bonds. The molecule has 3 N–H and O–H groups in total. The minimum atomic E-state index is -0.582. The van der Waals surface area contributed by atoms with Crippen LogP contribution in [0.3, 0.4) is 0 Å². The normalized spacial score (nSPS) is 15.6. The standard InChI is InChI=1S/C10H21NO4/c1-7(5-12)8(6-13)11-9(14)15-10(2,3)4/h7-8,12-13H,5-6H2,1-4H3,(H,11,14)/t7-,8-/m0/s1. The summed E-state index contributed by atoms with van der Waals surface area (Å²) in [7, 11) is 0. The van der Waals surface area contributed by atoms with Gasteiger partial charge in [0, 0.05) is 12.5 Å². The molecule has 90 valence electrons. The fourth-order valence-electron chi connectivity index (χ4n) is 0.954. The molecule has 0 heterocycles. The summed E-state index contributed by atoms with van der Waals surface area (Å²) in [6.45, 7) is 6.70. The number of alkyl carbamates (subject to hydrolysis) is 1. The molecule has 0 bridgehead atoms. The number of carbonyl (C=O) groups is 1. The highest BCUT2D eigenvalue weighted by molar-refractivity contribution is 5.68. The predicted molar refractivity (Wildman–Crippen MR) is 56.5 cm³/mol. The zero-order chi connectivity index (χ0) is 12.1. The Balaban J connectivity index is 4.13. The molecule has 0 saturated heterocycles. The van der Waals surface area contributed by atoms with Crippen LogP contribution < -0.4 is 5.32 Å². The summed E-state index contributed by atoms with van der Waals surface area (Å²) >= 11 is 0. The van der Waals surface area contributed by atoms with Crippen LogP contribution in [0.15, 0.2) is 0 Å². The Morgan fingerprint density at radius 2 is 1.87 bits per heavy atom. The SMILES string of the molecule is C[C@@H](CO)[C@H](CO)NC(=O)OC(C)(C)C. The monoisotopic (exact) mass is 219 g/mol. The Morgan fingerprint density at radius 1 is 1.33 bits per heavy atom. The Morgan fingerprint density at radius 3 is 2.20 bits per heavy atom. The van der Waals surface area contributed by atoms with Crippen molar-refractivity contribution in [1.82, 2.24) is 5.32 Å². The average molecular weight is 219 g/mol. The summed E-state index contributed by atoms with van der Waals surface area (Å²) < 4.78 is 5.02. The first kappa shape index (κ1) is 14.2. The number of aliphatic hydroxyl groups excluding tert-OH is 2. The van der Waals surface area contributed by atoms with Crippen molar-refractivity contribution in [3.8, 4) is 0 Å². The van der Waals surface area contributed by atoms with Gasteiger partial charge in [-0.1, -0.05) is 6.92 Å².